The highest BCUT2D eigenvalue weighted by molar-refractivity contribution is 5.79. The quantitative estimate of drug-likeness (QED) is 0.791. The van der Waals surface area contributed by atoms with Crippen LogP contribution in [0, 0.1) is 11.3 Å². The number of hydrogen-bond acceptors (Lipinski definition) is 3. The Kier molecular flexibility index (Phi) is 7.14. The molecule has 4 heteroatoms. The van der Waals surface area contributed by atoms with Gasteiger partial charge in [-0.25, -0.2) is 0 Å². The van der Waals surface area contributed by atoms with Gasteiger partial charge in [0.15, 0.2) is 0 Å². The van der Waals surface area contributed by atoms with Crippen molar-refractivity contribution in [3.63, 3.8) is 0 Å². The van der Waals surface area contributed by atoms with Crippen molar-refractivity contribution in [2.24, 2.45) is 17.1 Å². The van der Waals surface area contributed by atoms with Crippen LogP contribution in [0.1, 0.15) is 60.3 Å². The highest BCUT2D eigenvalue weighted by atomic mass is 16.1. The molecule has 124 valence electrons. The third-order valence-electron chi connectivity index (χ3n) is 4.66. The van der Waals surface area contributed by atoms with Crippen LogP contribution in [0.25, 0.3) is 0 Å². The number of primary amides is 1. The van der Waals surface area contributed by atoms with Gasteiger partial charge in [-0.05, 0) is 50.1 Å². The van der Waals surface area contributed by atoms with Crippen LogP contribution < -0.4 is 11.1 Å². The number of nitrogens with one attached hydrogen (secondary N) is 1. The molecule has 4 nitrogen and oxygen atoms in total. The van der Waals surface area contributed by atoms with Crippen LogP contribution in [0.15, 0.2) is 0 Å². The molecule has 0 aromatic rings. The van der Waals surface area contributed by atoms with Crippen LogP contribution in [0.2, 0.25) is 0 Å². The summed E-state index contributed by atoms with van der Waals surface area (Å²) in [5, 5.41) is 3.27. The molecule has 2 atom stereocenters. The summed E-state index contributed by atoms with van der Waals surface area (Å²) in [6.45, 7) is 14.4. The topological polar surface area (TPSA) is 58.4 Å². The van der Waals surface area contributed by atoms with Gasteiger partial charge in [0.2, 0.25) is 5.91 Å². The SMILES string of the molecule is CC(C)NC(CCN1CCCC(C(C)(C)C)CC1)C(N)=O. The molecule has 1 aliphatic rings. The number of carbonyl (C=O) groups is 1. The molecule has 0 saturated carbocycles. The van der Waals surface area contributed by atoms with Crippen LogP contribution in [0.5, 0.6) is 0 Å². The van der Waals surface area contributed by atoms with Crippen molar-refractivity contribution in [1.29, 1.82) is 0 Å². The zero-order chi connectivity index (χ0) is 16.0. The first-order valence-electron chi connectivity index (χ1n) is 8.48. The molecule has 0 bridgehead atoms. The standard InChI is InChI=1S/C17H35N3O/c1-13(2)19-15(16(18)21)9-12-20-10-6-7-14(8-11-20)17(3,4)5/h13-15,19H,6-12H2,1-5H3,(H2,18,21). The zero-order valence-electron chi connectivity index (χ0n) is 14.6. The van der Waals surface area contributed by atoms with E-state index in [-0.39, 0.29) is 18.0 Å². The van der Waals surface area contributed by atoms with E-state index in [2.05, 4.69) is 44.8 Å². The zero-order valence-corrected chi connectivity index (χ0v) is 14.6. The van der Waals surface area contributed by atoms with Crippen LogP contribution in [-0.2, 0) is 4.79 Å². The average molecular weight is 297 g/mol. The van der Waals surface area contributed by atoms with E-state index in [9.17, 15) is 4.79 Å². The number of hydrogen-bond donors (Lipinski definition) is 2. The van der Waals surface area contributed by atoms with Crippen molar-refractivity contribution in [2.75, 3.05) is 19.6 Å². The third kappa shape index (κ3) is 6.79. The molecule has 0 spiro atoms. The second kappa shape index (κ2) is 8.14. The van der Waals surface area contributed by atoms with Crippen molar-refractivity contribution >= 4 is 5.91 Å². The van der Waals surface area contributed by atoms with Crippen molar-refractivity contribution < 1.29 is 4.79 Å². The van der Waals surface area contributed by atoms with Crippen LogP contribution in [-0.4, -0.2) is 42.5 Å². The first-order chi connectivity index (χ1) is 9.70. The Morgan fingerprint density at radius 2 is 1.95 bits per heavy atom. The maximum absolute atomic E-state index is 11.5. The molecular formula is C17H35N3O. The second-order valence-electron chi connectivity index (χ2n) is 7.90. The van der Waals surface area contributed by atoms with Crippen molar-refractivity contribution in [2.45, 2.75) is 72.4 Å². The van der Waals surface area contributed by atoms with Crippen molar-refractivity contribution in [3.8, 4) is 0 Å². The van der Waals surface area contributed by atoms with Crippen LogP contribution in [0.4, 0.5) is 0 Å². The number of nitrogens with two attached hydrogens (primary N) is 1. The molecule has 1 fully saturated rings. The summed E-state index contributed by atoms with van der Waals surface area (Å²) in [5.74, 6) is 0.578. The van der Waals surface area contributed by atoms with Crippen LogP contribution in [0.3, 0.4) is 0 Å². The summed E-state index contributed by atoms with van der Waals surface area (Å²) < 4.78 is 0. The number of amides is 1. The van der Waals surface area contributed by atoms with E-state index in [0.717, 1.165) is 32.0 Å². The molecule has 0 aromatic carbocycles. The van der Waals surface area contributed by atoms with Crippen LogP contribution >= 0.6 is 0 Å². The van der Waals surface area contributed by atoms with E-state index in [1.165, 1.54) is 19.3 Å². The second-order valence-corrected chi connectivity index (χ2v) is 7.90. The lowest BCUT2D eigenvalue weighted by atomic mass is 9.77. The van der Waals surface area contributed by atoms with Gasteiger partial charge in [-0.1, -0.05) is 34.6 Å². The van der Waals surface area contributed by atoms with E-state index in [1.807, 2.05) is 0 Å². The Labute approximate surface area is 130 Å². The summed E-state index contributed by atoms with van der Waals surface area (Å²) in [6.07, 6.45) is 4.67. The van der Waals surface area contributed by atoms with Crippen molar-refractivity contribution in [3.05, 3.63) is 0 Å². The Hall–Kier alpha value is -0.610. The molecule has 3 N–H and O–H groups in total. The number of rotatable bonds is 6. The fraction of sp³-hybridized carbons (Fsp3) is 0.941. The van der Waals surface area contributed by atoms with E-state index in [1.54, 1.807) is 0 Å². The number of likely N-dealkylation sites (tertiary alicyclic amines) is 1. The molecule has 1 saturated heterocycles. The summed E-state index contributed by atoms with van der Waals surface area (Å²) in [7, 11) is 0. The summed E-state index contributed by atoms with van der Waals surface area (Å²) in [4.78, 5) is 14.0. The minimum atomic E-state index is -0.230. The monoisotopic (exact) mass is 297 g/mol. The van der Waals surface area contributed by atoms with Crippen molar-refractivity contribution in [1.82, 2.24) is 10.2 Å². The molecule has 1 amide bonds. The molecule has 1 heterocycles. The molecule has 1 rings (SSSR count). The van der Waals surface area contributed by atoms with Gasteiger partial charge in [0.05, 0.1) is 6.04 Å². The Morgan fingerprint density at radius 3 is 2.48 bits per heavy atom. The van der Waals surface area contributed by atoms with E-state index in [4.69, 9.17) is 5.73 Å². The van der Waals surface area contributed by atoms with Gasteiger partial charge in [0, 0.05) is 12.6 Å². The summed E-state index contributed by atoms with van der Waals surface area (Å²) >= 11 is 0. The van der Waals surface area contributed by atoms with Gasteiger partial charge in [-0.3, -0.25) is 4.79 Å². The predicted octanol–water partition coefficient (Wildman–Crippen LogP) is 2.38. The minimum Gasteiger partial charge on any atom is -0.368 e. The lowest BCUT2D eigenvalue weighted by Crippen LogP contribution is -2.46. The minimum absolute atomic E-state index is 0.202. The number of carbonyl (C=O) groups excluding carboxylic acids is 1. The van der Waals surface area contributed by atoms with Gasteiger partial charge in [0.1, 0.15) is 0 Å². The third-order valence-corrected chi connectivity index (χ3v) is 4.66. The maximum atomic E-state index is 11.5. The largest absolute Gasteiger partial charge is 0.368 e. The Morgan fingerprint density at radius 1 is 1.29 bits per heavy atom. The molecule has 2 unspecified atom stereocenters. The summed E-state index contributed by atoms with van der Waals surface area (Å²) in [6, 6.07) is 0.0866. The van der Waals surface area contributed by atoms with Gasteiger partial charge in [-0.15, -0.1) is 0 Å². The average Bonchev–Trinajstić information content (AvgIpc) is 2.58. The molecule has 1 aliphatic heterocycles. The lowest BCUT2D eigenvalue weighted by molar-refractivity contribution is -0.120. The van der Waals surface area contributed by atoms with E-state index < -0.39 is 0 Å². The van der Waals surface area contributed by atoms with Gasteiger partial charge >= 0.3 is 0 Å². The first kappa shape index (κ1) is 18.4. The highest BCUT2D eigenvalue weighted by Gasteiger charge is 2.27. The Bertz CT molecular complexity index is 322. The highest BCUT2D eigenvalue weighted by Crippen LogP contribution is 2.34. The summed E-state index contributed by atoms with van der Waals surface area (Å²) in [5.41, 5.74) is 5.90. The predicted molar refractivity (Wildman–Crippen MR) is 89.1 cm³/mol. The van der Waals surface area contributed by atoms with Gasteiger partial charge in [0.25, 0.3) is 0 Å². The van der Waals surface area contributed by atoms with Gasteiger partial charge < -0.3 is 16.0 Å². The Balaban J connectivity index is 2.43. The van der Waals surface area contributed by atoms with Gasteiger partial charge in [-0.2, -0.15) is 0 Å². The fourth-order valence-corrected chi connectivity index (χ4v) is 3.27. The molecular weight excluding hydrogens is 262 g/mol. The fourth-order valence-electron chi connectivity index (χ4n) is 3.27. The lowest BCUT2D eigenvalue weighted by Gasteiger charge is -2.30. The van der Waals surface area contributed by atoms with E-state index in [0.29, 0.717) is 5.41 Å². The normalized spacial score (nSPS) is 23.0. The maximum Gasteiger partial charge on any atom is 0.234 e. The molecule has 21 heavy (non-hydrogen) atoms. The smallest absolute Gasteiger partial charge is 0.234 e. The molecule has 0 aromatic heterocycles. The number of nitrogens with zero attached hydrogens (tertiary/aromatic N) is 1. The first-order valence-corrected chi connectivity index (χ1v) is 8.48. The molecule has 0 aliphatic carbocycles. The van der Waals surface area contributed by atoms with E-state index >= 15 is 0 Å². The molecule has 0 radical (unpaired) electrons.